The minimum absolute atomic E-state index is 0.0566. The van der Waals surface area contributed by atoms with Crippen LogP contribution in [-0.2, 0) is 0 Å². The third-order valence-electron chi connectivity index (χ3n) is 6.61. The van der Waals surface area contributed by atoms with Crippen LogP contribution >= 0.6 is 0 Å². The molecule has 2 fully saturated rings. The van der Waals surface area contributed by atoms with Gasteiger partial charge in [0.15, 0.2) is 0 Å². The molecule has 156 valence electrons. The highest BCUT2D eigenvalue weighted by Crippen LogP contribution is 2.38. The molecular weight excluding hydrogens is 378 g/mol. The molecule has 0 unspecified atom stereocenters. The fourth-order valence-electron chi connectivity index (χ4n) is 5.04. The molecule has 6 heteroatoms. The van der Waals surface area contributed by atoms with Crippen molar-refractivity contribution < 1.29 is 14.6 Å². The number of rotatable bonds is 3. The molecule has 3 aromatic rings. The lowest BCUT2D eigenvalue weighted by molar-refractivity contribution is -0.0236. The van der Waals surface area contributed by atoms with Gasteiger partial charge in [0.05, 0.1) is 11.8 Å². The van der Waals surface area contributed by atoms with E-state index in [0.717, 1.165) is 29.1 Å². The summed E-state index contributed by atoms with van der Waals surface area (Å²) in [6, 6.07) is 13.6. The normalized spacial score (nSPS) is 26.0. The van der Waals surface area contributed by atoms with E-state index in [1.807, 2.05) is 71.8 Å². The first kappa shape index (κ1) is 19.1. The Labute approximate surface area is 176 Å². The Morgan fingerprint density at radius 1 is 1.07 bits per heavy atom. The second kappa shape index (κ2) is 7.43. The summed E-state index contributed by atoms with van der Waals surface area (Å²) in [5.41, 5.74) is 3.50. The molecule has 1 amide bonds. The fourth-order valence-corrected chi connectivity index (χ4v) is 5.04. The van der Waals surface area contributed by atoms with E-state index < -0.39 is 6.10 Å². The Kier molecular flexibility index (Phi) is 4.74. The highest BCUT2D eigenvalue weighted by Gasteiger charge is 2.44. The van der Waals surface area contributed by atoms with Crippen LogP contribution in [-0.4, -0.2) is 50.6 Å². The topological polar surface area (TPSA) is 67.1 Å². The molecule has 0 spiro atoms. The molecule has 30 heavy (non-hydrogen) atoms. The Hall–Kier alpha value is -2.86. The lowest BCUT2D eigenvalue weighted by Crippen LogP contribution is -2.42. The zero-order valence-electron chi connectivity index (χ0n) is 17.4. The summed E-state index contributed by atoms with van der Waals surface area (Å²) in [4.78, 5) is 19.6. The number of carbonyl (C=O) groups excluding carboxylic acids is 1. The Bertz CT molecular complexity index is 1090. The van der Waals surface area contributed by atoms with Crippen molar-refractivity contribution in [2.24, 2.45) is 11.8 Å². The number of aliphatic hydroxyl groups excluding tert-OH is 1. The Morgan fingerprint density at radius 3 is 2.67 bits per heavy atom. The average Bonchev–Trinajstić information content (AvgIpc) is 3.33. The summed E-state index contributed by atoms with van der Waals surface area (Å²) in [5.74, 6) is 1.44. The van der Waals surface area contributed by atoms with E-state index >= 15 is 0 Å². The molecule has 0 aromatic carbocycles. The van der Waals surface area contributed by atoms with Gasteiger partial charge in [0.25, 0.3) is 5.91 Å². The van der Waals surface area contributed by atoms with E-state index in [2.05, 4.69) is 4.98 Å². The summed E-state index contributed by atoms with van der Waals surface area (Å²) in [7, 11) is 0. The average molecular weight is 405 g/mol. The van der Waals surface area contributed by atoms with Gasteiger partial charge in [0.2, 0.25) is 0 Å². The van der Waals surface area contributed by atoms with Crippen LogP contribution in [0.3, 0.4) is 0 Å². The minimum atomic E-state index is -0.531. The van der Waals surface area contributed by atoms with E-state index in [9.17, 15) is 9.90 Å². The smallest absolute Gasteiger partial charge is 0.270 e. The SMILES string of the molecule is Cc1ccc(O[C@@H]2C[C@@H]3CN(C(=O)c4ccc5ccccn45)C[C@@H]3C[C@H]2O)c(C)n1. The number of nitrogens with zero attached hydrogens (tertiary/aromatic N) is 3. The number of carbonyl (C=O) groups is 1. The summed E-state index contributed by atoms with van der Waals surface area (Å²) < 4.78 is 8.11. The zero-order chi connectivity index (χ0) is 20.8. The molecule has 4 heterocycles. The highest BCUT2D eigenvalue weighted by molar-refractivity contribution is 5.94. The number of aliphatic hydroxyl groups is 1. The second-order valence-electron chi connectivity index (χ2n) is 8.68. The molecule has 1 saturated carbocycles. The van der Waals surface area contributed by atoms with Crippen molar-refractivity contribution in [2.45, 2.75) is 38.9 Å². The van der Waals surface area contributed by atoms with Crippen LogP contribution in [0.5, 0.6) is 5.75 Å². The number of hydrogen-bond donors (Lipinski definition) is 1. The molecule has 3 aromatic heterocycles. The number of aryl methyl sites for hydroxylation is 2. The van der Waals surface area contributed by atoms with Crippen molar-refractivity contribution in [2.75, 3.05) is 13.1 Å². The predicted octanol–water partition coefficient (Wildman–Crippen LogP) is 3.24. The molecule has 6 nitrogen and oxygen atoms in total. The van der Waals surface area contributed by atoms with Crippen LogP contribution in [0.2, 0.25) is 0 Å². The van der Waals surface area contributed by atoms with Crippen LogP contribution in [0.4, 0.5) is 0 Å². The quantitative estimate of drug-likeness (QED) is 0.726. The van der Waals surface area contributed by atoms with Crippen LogP contribution in [0.25, 0.3) is 5.52 Å². The third kappa shape index (κ3) is 3.35. The number of ether oxygens (including phenoxy) is 1. The lowest BCUT2D eigenvalue weighted by atomic mass is 9.78. The van der Waals surface area contributed by atoms with Crippen LogP contribution in [0.15, 0.2) is 48.7 Å². The predicted molar refractivity (Wildman–Crippen MR) is 114 cm³/mol. The number of aromatic nitrogens is 2. The Balaban J connectivity index is 1.30. The second-order valence-corrected chi connectivity index (χ2v) is 8.68. The standard InChI is InChI=1S/C24H27N3O3/c1-15-6-9-22(16(2)25-15)30-23-12-18-14-26(13-17(18)11-21(23)28)24(29)20-8-7-19-5-3-4-10-27(19)20/h3-10,17-18,21,23,28H,11-14H2,1-2H3/t17-,18+,21+,23+/m0/s1. The minimum Gasteiger partial charge on any atom is -0.486 e. The van der Waals surface area contributed by atoms with Crippen LogP contribution in [0.1, 0.15) is 34.7 Å². The van der Waals surface area contributed by atoms with Gasteiger partial charge >= 0.3 is 0 Å². The molecule has 1 saturated heterocycles. The molecule has 1 aliphatic heterocycles. The van der Waals surface area contributed by atoms with Crippen molar-refractivity contribution in [3.05, 3.63) is 65.7 Å². The third-order valence-corrected chi connectivity index (χ3v) is 6.61. The molecule has 1 N–H and O–H groups in total. The molecule has 5 rings (SSSR count). The van der Waals surface area contributed by atoms with E-state index in [-0.39, 0.29) is 12.0 Å². The van der Waals surface area contributed by atoms with Crippen LogP contribution in [0, 0.1) is 25.7 Å². The van der Waals surface area contributed by atoms with E-state index in [4.69, 9.17) is 4.74 Å². The zero-order valence-corrected chi connectivity index (χ0v) is 17.4. The first-order chi connectivity index (χ1) is 14.5. The number of likely N-dealkylation sites (tertiary alicyclic amines) is 1. The first-order valence-corrected chi connectivity index (χ1v) is 10.6. The molecule has 2 aliphatic rings. The molecule has 1 aliphatic carbocycles. The van der Waals surface area contributed by atoms with Gasteiger partial charge < -0.3 is 19.1 Å². The summed E-state index contributed by atoms with van der Waals surface area (Å²) in [5, 5.41) is 10.7. The van der Waals surface area contributed by atoms with E-state index in [1.54, 1.807) is 0 Å². The van der Waals surface area contributed by atoms with Crippen molar-refractivity contribution in [1.82, 2.24) is 14.3 Å². The van der Waals surface area contributed by atoms with Gasteiger partial charge in [-0.3, -0.25) is 9.78 Å². The maximum Gasteiger partial charge on any atom is 0.270 e. The summed E-state index contributed by atoms with van der Waals surface area (Å²) >= 11 is 0. The van der Waals surface area contributed by atoms with Gasteiger partial charge in [-0.15, -0.1) is 0 Å². The molecule has 4 atom stereocenters. The van der Waals surface area contributed by atoms with Crippen molar-refractivity contribution in [3.8, 4) is 5.75 Å². The van der Waals surface area contributed by atoms with Crippen LogP contribution < -0.4 is 4.74 Å². The van der Waals surface area contributed by atoms with Gasteiger partial charge in [-0.1, -0.05) is 6.07 Å². The monoisotopic (exact) mass is 405 g/mol. The summed E-state index contributed by atoms with van der Waals surface area (Å²) in [6.45, 7) is 5.28. The summed E-state index contributed by atoms with van der Waals surface area (Å²) in [6.07, 6.45) is 2.54. The van der Waals surface area contributed by atoms with Gasteiger partial charge in [0, 0.05) is 30.5 Å². The van der Waals surface area contributed by atoms with Crippen molar-refractivity contribution in [3.63, 3.8) is 0 Å². The van der Waals surface area contributed by atoms with E-state index in [0.29, 0.717) is 37.0 Å². The van der Waals surface area contributed by atoms with Gasteiger partial charge in [-0.2, -0.15) is 0 Å². The first-order valence-electron chi connectivity index (χ1n) is 10.6. The maximum absolute atomic E-state index is 13.2. The van der Waals surface area contributed by atoms with E-state index in [1.165, 1.54) is 0 Å². The maximum atomic E-state index is 13.2. The molecule has 0 radical (unpaired) electrons. The molecular formula is C24H27N3O3. The highest BCUT2D eigenvalue weighted by atomic mass is 16.5. The van der Waals surface area contributed by atoms with Gasteiger partial charge in [-0.25, -0.2) is 0 Å². The van der Waals surface area contributed by atoms with Gasteiger partial charge in [0.1, 0.15) is 17.5 Å². The largest absolute Gasteiger partial charge is 0.486 e. The lowest BCUT2D eigenvalue weighted by Gasteiger charge is -2.35. The van der Waals surface area contributed by atoms with Crippen molar-refractivity contribution in [1.29, 1.82) is 0 Å². The van der Waals surface area contributed by atoms with Crippen molar-refractivity contribution >= 4 is 11.4 Å². The number of amides is 1. The number of hydrogen-bond acceptors (Lipinski definition) is 4. The number of fused-ring (bicyclic) bond motifs is 2. The molecule has 0 bridgehead atoms. The fraction of sp³-hybridized carbons (Fsp3) is 0.417. The number of pyridine rings is 2. The Morgan fingerprint density at radius 2 is 1.87 bits per heavy atom. The van der Waals surface area contributed by atoms with Gasteiger partial charge in [-0.05, 0) is 74.9 Å².